The van der Waals surface area contributed by atoms with E-state index in [2.05, 4.69) is 26.1 Å². The molecule has 1 fully saturated rings. The molecule has 1 aliphatic heterocycles. The average Bonchev–Trinajstić information content (AvgIpc) is 2.67. The van der Waals surface area contributed by atoms with Gasteiger partial charge in [0.2, 0.25) is 0 Å². The van der Waals surface area contributed by atoms with Crippen molar-refractivity contribution in [2.24, 2.45) is 0 Å². The molecule has 150 valence electrons. The minimum atomic E-state index is -0.946. The number of phenols is 1. The minimum Gasteiger partial charge on any atom is -0.507 e. The van der Waals surface area contributed by atoms with E-state index in [-0.39, 0.29) is 24.2 Å². The van der Waals surface area contributed by atoms with Gasteiger partial charge < -0.3 is 26.2 Å². The van der Waals surface area contributed by atoms with Crippen LogP contribution in [0.15, 0.2) is 30.3 Å². The molecule has 0 atom stereocenters. The number of amidine groups is 1. The number of phenolic OH excluding ortho intramolecular Hbond substituents is 1. The first-order chi connectivity index (χ1) is 13.3. The van der Waals surface area contributed by atoms with Gasteiger partial charge in [-0.1, -0.05) is 12.1 Å². The number of para-hydroxylation sites is 1. The number of aromatic nitrogens is 2. The van der Waals surface area contributed by atoms with E-state index in [0.29, 0.717) is 22.6 Å². The third-order valence-corrected chi connectivity index (χ3v) is 4.61. The molecule has 8 heteroatoms. The molecule has 1 aromatic carbocycles. The number of aromatic hydroxyl groups is 1. The number of rotatable bonds is 6. The van der Waals surface area contributed by atoms with E-state index in [4.69, 9.17) is 5.41 Å². The van der Waals surface area contributed by atoms with Crippen LogP contribution in [0, 0.1) is 5.41 Å². The van der Waals surface area contributed by atoms with Gasteiger partial charge in [-0.25, -0.2) is 0 Å². The van der Waals surface area contributed by atoms with E-state index in [1.165, 1.54) is 0 Å². The molecule has 0 amide bonds. The molecular weight excluding hydrogens is 356 g/mol. The summed E-state index contributed by atoms with van der Waals surface area (Å²) < 4.78 is 0. The average molecular weight is 384 g/mol. The highest BCUT2D eigenvalue weighted by molar-refractivity contribution is 6.00. The molecule has 0 unspecified atom stereocenters. The molecule has 1 aliphatic rings. The second-order valence-corrected chi connectivity index (χ2v) is 7.72. The lowest BCUT2D eigenvalue weighted by molar-refractivity contribution is 0.0849. The van der Waals surface area contributed by atoms with Crippen LogP contribution in [-0.4, -0.2) is 57.5 Å². The third-order valence-electron chi connectivity index (χ3n) is 4.61. The fraction of sp³-hybridized carbons (Fsp3) is 0.450. The molecular formula is C20H28N6O2. The van der Waals surface area contributed by atoms with Crippen molar-refractivity contribution in [3.8, 4) is 17.0 Å². The Morgan fingerprint density at radius 2 is 1.96 bits per heavy atom. The van der Waals surface area contributed by atoms with Crippen molar-refractivity contribution in [2.45, 2.75) is 38.3 Å². The maximum absolute atomic E-state index is 10.1. The van der Waals surface area contributed by atoms with E-state index in [1.807, 2.05) is 12.1 Å². The second-order valence-electron chi connectivity index (χ2n) is 7.72. The minimum absolute atomic E-state index is 0.0925. The summed E-state index contributed by atoms with van der Waals surface area (Å²) in [6.07, 6.45) is 1.94. The molecule has 0 bridgehead atoms. The van der Waals surface area contributed by atoms with Gasteiger partial charge in [0.15, 0.2) is 5.69 Å². The molecule has 0 spiro atoms. The van der Waals surface area contributed by atoms with Gasteiger partial charge >= 0.3 is 0 Å². The van der Waals surface area contributed by atoms with E-state index in [1.54, 1.807) is 32.0 Å². The molecule has 2 aromatic rings. The number of aliphatic hydroxyl groups is 1. The normalized spacial score (nSPS) is 15.2. The van der Waals surface area contributed by atoms with Crippen LogP contribution < -0.4 is 16.0 Å². The zero-order chi connectivity index (χ0) is 20.1. The molecule has 0 saturated carbocycles. The maximum atomic E-state index is 10.1. The number of anilines is 1. The van der Waals surface area contributed by atoms with Crippen LogP contribution in [0.25, 0.3) is 11.3 Å². The smallest absolute Gasteiger partial charge is 0.150 e. The Bertz CT molecular complexity index is 828. The fourth-order valence-electron chi connectivity index (χ4n) is 3.08. The number of nitrogens with zero attached hydrogens (tertiary/aromatic N) is 2. The molecule has 3 rings (SSSR count). The van der Waals surface area contributed by atoms with Crippen LogP contribution in [0.5, 0.6) is 5.75 Å². The lowest BCUT2D eigenvalue weighted by Crippen LogP contribution is -2.39. The first-order valence-electron chi connectivity index (χ1n) is 9.52. The number of piperidine rings is 1. The van der Waals surface area contributed by atoms with E-state index >= 15 is 0 Å². The molecule has 8 nitrogen and oxygen atoms in total. The largest absolute Gasteiger partial charge is 0.507 e. The van der Waals surface area contributed by atoms with Gasteiger partial charge in [0.25, 0.3) is 0 Å². The molecule has 2 heterocycles. The van der Waals surface area contributed by atoms with Gasteiger partial charge in [0.1, 0.15) is 11.6 Å². The molecule has 0 radical (unpaired) electrons. The highest BCUT2D eigenvalue weighted by atomic mass is 16.3. The lowest BCUT2D eigenvalue weighted by atomic mass is 10.0. The highest BCUT2D eigenvalue weighted by Gasteiger charge is 2.20. The Morgan fingerprint density at radius 1 is 1.25 bits per heavy atom. The molecule has 0 aliphatic carbocycles. The van der Waals surface area contributed by atoms with Crippen molar-refractivity contribution < 1.29 is 10.2 Å². The number of hydrogen-bond acceptors (Lipinski definition) is 7. The summed E-state index contributed by atoms with van der Waals surface area (Å²) >= 11 is 0. The summed E-state index contributed by atoms with van der Waals surface area (Å²) in [5.41, 5.74) is 1.26. The number of nitrogens with one attached hydrogen (secondary N) is 4. The molecule has 6 N–H and O–H groups in total. The summed E-state index contributed by atoms with van der Waals surface area (Å²) in [4.78, 5) is 0. The third kappa shape index (κ3) is 5.17. The standard InChI is InChI=1S/C20H28N6O2/c1-20(2,28)12-23-19(21)18-16(24-13-7-9-22-10-8-13)11-15(25-26-18)14-5-3-4-6-17(14)27/h3-6,11,13,22,27-28H,7-10,12H2,1-2H3,(H2,21,23)(H,24,25). The van der Waals surface area contributed by atoms with Crippen molar-refractivity contribution in [1.82, 2.24) is 20.8 Å². The summed E-state index contributed by atoms with van der Waals surface area (Å²) in [7, 11) is 0. The quantitative estimate of drug-likeness (QED) is 0.331. The van der Waals surface area contributed by atoms with Gasteiger partial charge in [-0.05, 0) is 58.0 Å². The number of benzene rings is 1. The van der Waals surface area contributed by atoms with Crippen LogP contribution in [0.4, 0.5) is 5.69 Å². The van der Waals surface area contributed by atoms with Crippen LogP contribution >= 0.6 is 0 Å². The van der Waals surface area contributed by atoms with Gasteiger partial charge in [-0.2, -0.15) is 0 Å². The van der Waals surface area contributed by atoms with Crippen molar-refractivity contribution >= 4 is 11.5 Å². The van der Waals surface area contributed by atoms with Crippen LogP contribution in [0.1, 0.15) is 32.4 Å². The van der Waals surface area contributed by atoms with Crippen LogP contribution in [0.3, 0.4) is 0 Å². The van der Waals surface area contributed by atoms with Gasteiger partial charge in [0, 0.05) is 18.2 Å². The van der Waals surface area contributed by atoms with Crippen LogP contribution in [0.2, 0.25) is 0 Å². The number of hydrogen-bond donors (Lipinski definition) is 6. The van der Waals surface area contributed by atoms with Crippen molar-refractivity contribution in [2.75, 3.05) is 25.0 Å². The van der Waals surface area contributed by atoms with Gasteiger partial charge in [0.05, 0.1) is 17.0 Å². The van der Waals surface area contributed by atoms with Gasteiger partial charge in [-0.3, -0.25) is 5.41 Å². The first-order valence-corrected chi connectivity index (χ1v) is 9.52. The predicted molar refractivity (Wildman–Crippen MR) is 110 cm³/mol. The summed E-state index contributed by atoms with van der Waals surface area (Å²) in [5.74, 6) is 0.225. The molecule has 1 aromatic heterocycles. The van der Waals surface area contributed by atoms with Crippen LogP contribution in [-0.2, 0) is 0 Å². The van der Waals surface area contributed by atoms with E-state index in [9.17, 15) is 10.2 Å². The highest BCUT2D eigenvalue weighted by Crippen LogP contribution is 2.29. The zero-order valence-electron chi connectivity index (χ0n) is 16.3. The topological polar surface area (TPSA) is 126 Å². The summed E-state index contributed by atoms with van der Waals surface area (Å²) in [6.45, 7) is 5.45. The van der Waals surface area contributed by atoms with Gasteiger partial charge in [-0.15, -0.1) is 10.2 Å². The van der Waals surface area contributed by atoms with E-state index < -0.39 is 5.60 Å². The first kappa shape index (κ1) is 20.0. The Morgan fingerprint density at radius 3 is 2.64 bits per heavy atom. The summed E-state index contributed by atoms with van der Waals surface area (Å²) in [6, 6.07) is 9.06. The predicted octanol–water partition coefficient (Wildman–Crippen LogP) is 1.70. The van der Waals surface area contributed by atoms with Crippen molar-refractivity contribution in [3.63, 3.8) is 0 Å². The van der Waals surface area contributed by atoms with Crippen molar-refractivity contribution in [3.05, 3.63) is 36.0 Å². The Labute approximate surface area is 164 Å². The SMILES string of the molecule is CC(C)(O)CNC(=N)c1nnc(-c2ccccc2O)cc1NC1CCNCC1. The lowest BCUT2D eigenvalue weighted by Gasteiger charge is -2.26. The second kappa shape index (κ2) is 8.53. The molecule has 28 heavy (non-hydrogen) atoms. The Kier molecular flexibility index (Phi) is 6.11. The summed E-state index contributed by atoms with van der Waals surface area (Å²) in [5, 5.41) is 46.6. The monoisotopic (exact) mass is 384 g/mol. The van der Waals surface area contributed by atoms with Crippen molar-refractivity contribution in [1.29, 1.82) is 5.41 Å². The van der Waals surface area contributed by atoms with E-state index in [0.717, 1.165) is 25.9 Å². The zero-order valence-corrected chi connectivity index (χ0v) is 16.3. The Hall–Kier alpha value is -2.71. The maximum Gasteiger partial charge on any atom is 0.150 e. The Balaban J connectivity index is 1.91. The molecule has 1 saturated heterocycles. The fourth-order valence-corrected chi connectivity index (χ4v) is 3.08.